The predicted molar refractivity (Wildman–Crippen MR) is 65.0 cm³/mol. The van der Waals surface area contributed by atoms with E-state index in [4.69, 9.17) is 0 Å². The van der Waals surface area contributed by atoms with Gasteiger partial charge in [0.05, 0.1) is 0 Å². The summed E-state index contributed by atoms with van der Waals surface area (Å²) in [5, 5.41) is 0. The molecule has 0 N–H and O–H groups in total. The summed E-state index contributed by atoms with van der Waals surface area (Å²) in [5.41, 5.74) is 3.27. The van der Waals surface area contributed by atoms with E-state index >= 15 is 0 Å². The first-order valence-corrected chi connectivity index (χ1v) is 5.70. The average molecular weight is 206 g/mol. The SMILES string of the molecule is CC(C)(S)c1ccc(C2(C)CC2)cc1. The third-order valence-corrected chi connectivity index (χ3v) is 3.55. The molecule has 0 unspecified atom stereocenters. The van der Waals surface area contributed by atoms with Crippen molar-refractivity contribution in [2.75, 3.05) is 0 Å². The van der Waals surface area contributed by atoms with Crippen LogP contribution < -0.4 is 0 Å². The van der Waals surface area contributed by atoms with Crippen molar-refractivity contribution in [2.24, 2.45) is 0 Å². The molecule has 0 aliphatic heterocycles. The molecule has 1 aromatic carbocycles. The Morgan fingerprint density at radius 3 is 2.00 bits per heavy atom. The number of hydrogen-bond acceptors (Lipinski definition) is 1. The molecule has 0 bridgehead atoms. The van der Waals surface area contributed by atoms with Crippen LogP contribution in [0, 0.1) is 0 Å². The monoisotopic (exact) mass is 206 g/mol. The lowest BCUT2D eigenvalue weighted by Gasteiger charge is -2.19. The van der Waals surface area contributed by atoms with Crippen LogP contribution in [-0.2, 0) is 10.2 Å². The normalized spacial score (nSPS) is 19.4. The van der Waals surface area contributed by atoms with Crippen molar-refractivity contribution in [2.45, 2.75) is 43.8 Å². The first-order chi connectivity index (χ1) is 6.42. The van der Waals surface area contributed by atoms with Crippen molar-refractivity contribution in [1.29, 1.82) is 0 Å². The van der Waals surface area contributed by atoms with Crippen molar-refractivity contribution in [3.63, 3.8) is 0 Å². The lowest BCUT2D eigenvalue weighted by atomic mass is 9.94. The molecular weight excluding hydrogens is 188 g/mol. The van der Waals surface area contributed by atoms with Gasteiger partial charge in [0.25, 0.3) is 0 Å². The molecule has 0 atom stereocenters. The minimum Gasteiger partial charge on any atom is -0.168 e. The number of benzene rings is 1. The van der Waals surface area contributed by atoms with Crippen LogP contribution in [0.25, 0.3) is 0 Å². The van der Waals surface area contributed by atoms with Gasteiger partial charge in [-0.05, 0) is 43.2 Å². The topological polar surface area (TPSA) is 0 Å². The van der Waals surface area contributed by atoms with E-state index in [1.807, 2.05) is 0 Å². The lowest BCUT2D eigenvalue weighted by molar-refractivity contribution is 0.769. The molecule has 1 saturated carbocycles. The zero-order valence-electron chi connectivity index (χ0n) is 9.17. The first-order valence-electron chi connectivity index (χ1n) is 5.25. The Kier molecular flexibility index (Phi) is 2.19. The summed E-state index contributed by atoms with van der Waals surface area (Å²) in [4.78, 5) is 0. The van der Waals surface area contributed by atoms with Gasteiger partial charge in [0.15, 0.2) is 0 Å². The Labute approximate surface area is 92.1 Å². The van der Waals surface area contributed by atoms with E-state index in [0.29, 0.717) is 5.41 Å². The van der Waals surface area contributed by atoms with Gasteiger partial charge in [-0.15, -0.1) is 0 Å². The summed E-state index contributed by atoms with van der Waals surface area (Å²) in [6, 6.07) is 8.96. The van der Waals surface area contributed by atoms with Crippen LogP contribution in [0.3, 0.4) is 0 Å². The highest BCUT2D eigenvalue weighted by atomic mass is 32.1. The minimum atomic E-state index is -0.0248. The van der Waals surface area contributed by atoms with Gasteiger partial charge in [0.2, 0.25) is 0 Å². The van der Waals surface area contributed by atoms with Crippen molar-refractivity contribution >= 4 is 12.6 Å². The molecule has 0 amide bonds. The number of hydrogen-bond donors (Lipinski definition) is 1. The standard InChI is InChI=1S/C13H18S/c1-12(2,14)10-4-6-11(7-5-10)13(3)8-9-13/h4-7,14H,8-9H2,1-3H3. The van der Waals surface area contributed by atoms with Crippen LogP contribution in [0.2, 0.25) is 0 Å². The van der Waals surface area contributed by atoms with E-state index < -0.39 is 0 Å². The fraction of sp³-hybridized carbons (Fsp3) is 0.538. The van der Waals surface area contributed by atoms with Crippen molar-refractivity contribution in [3.05, 3.63) is 35.4 Å². The van der Waals surface area contributed by atoms with Crippen LogP contribution >= 0.6 is 12.6 Å². The van der Waals surface area contributed by atoms with E-state index in [1.165, 1.54) is 24.0 Å². The summed E-state index contributed by atoms with van der Waals surface area (Å²) in [6.45, 7) is 6.60. The average Bonchev–Trinajstić information content (AvgIpc) is 2.84. The summed E-state index contributed by atoms with van der Waals surface area (Å²) < 4.78 is -0.0248. The van der Waals surface area contributed by atoms with Crippen LogP contribution in [0.1, 0.15) is 44.7 Å². The van der Waals surface area contributed by atoms with Crippen molar-refractivity contribution < 1.29 is 0 Å². The molecule has 1 aromatic rings. The molecule has 0 aromatic heterocycles. The van der Waals surface area contributed by atoms with Gasteiger partial charge in [-0.25, -0.2) is 0 Å². The molecule has 0 heterocycles. The smallest absolute Gasteiger partial charge is 0.0322 e. The lowest BCUT2D eigenvalue weighted by Crippen LogP contribution is -2.08. The van der Waals surface area contributed by atoms with E-state index in [0.717, 1.165) is 0 Å². The fourth-order valence-corrected chi connectivity index (χ4v) is 1.91. The number of rotatable bonds is 2. The maximum absolute atomic E-state index is 4.57. The molecule has 2 rings (SSSR count). The summed E-state index contributed by atoms with van der Waals surface area (Å²) >= 11 is 4.57. The second-order valence-corrected chi connectivity index (χ2v) is 6.32. The molecular formula is C13H18S. The van der Waals surface area contributed by atoms with E-state index in [-0.39, 0.29) is 4.75 Å². The first kappa shape index (κ1) is 10.1. The zero-order chi connectivity index (χ0) is 10.4. The zero-order valence-corrected chi connectivity index (χ0v) is 10.1. The highest BCUT2D eigenvalue weighted by Crippen LogP contribution is 2.47. The van der Waals surface area contributed by atoms with Gasteiger partial charge in [-0.3, -0.25) is 0 Å². The van der Waals surface area contributed by atoms with Gasteiger partial charge in [0, 0.05) is 4.75 Å². The van der Waals surface area contributed by atoms with Crippen LogP contribution in [0.4, 0.5) is 0 Å². The Morgan fingerprint density at radius 1 is 1.14 bits per heavy atom. The molecule has 1 aliphatic carbocycles. The van der Waals surface area contributed by atoms with Crippen LogP contribution in [-0.4, -0.2) is 0 Å². The van der Waals surface area contributed by atoms with Gasteiger partial charge in [0.1, 0.15) is 0 Å². The Hall–Kier alpha value is -0.430. The molecule has 0 radical (unpaired) electrons. The highest BCUT2D eigenvalue weighted by molar-refractivity contribution is 7.81. The fourth-order valence-electron chi connectivity index (χ4n) is 1.76. The maximum atomic E-state index is 4.57. The van der Waals surface area contributed by atoms with Gasteiger partial charge < -0.3 is 0 Å². The third kappa shape index (κ3) is 1.83. The van der Waals surface area contributed by atoms with E-state index in [2.05, 4.69) is 57.7 Å². The molecule has 0 nitrogen and oxygen atoms in total. The summed E-state index contributed by atoms with van der Waals surface area (Å²) in [6.07, 6.45) is 2.69. The minimum absolute atomic E-state index is 0.0248. The molecule has 1 heteroatoms. The Balaban J connectivity index is 2.27. The van der Waals surface area contributed by atoms with Crippen LogP contribution in [0.5, 0.6) is 0 Å². The van der Waals surface area contributed by atoms with Gasteiger partial charge in [-0.2, -0.15) is 12.6 Å². The second kappa shape index (κ2) is 3.03. The maximum Gasteiger partial charge on any atom is 0.0322 e. The van der Waals surface area contributed by atoms with Gasteiger partial charge in [-0.1, -0.05) is 31.2 Å². The third-order valence-electron chi connectivity index (χ3n) is 3.29. The summed E-state index contributed by atoms with van der Waals surface area (Å²) in [7, 11) is 0. The molecule has 1 fully saturated rings. The predicted octanol–water partition coefficient (Wildman–Crippen LogP) is 3.90. The molecule has 1 aliphatic rings. The summed E-state index contributed by atoms with van der Waals surface area (Å²) in [5.74, 6) is 0. The molecule has 14 heavy (non-hydrogen) atoms. The number of thiol groups is 1. The Morgan fingerprint density at radius 2 is 1.64 bits per heavy atom. The largest absolute Gasteiger partial charge is 0.168 e. The van der Waals surface area contributed by atoms with Crippen molar-refractivity contribution in [1.82, 2.24) is 0 Å². The van der Waals surface area contributed by atoms with E-state index in [1.54, 1.807) is 0 Å². The van der Waals surface area contributed by atoms with Crippen molar-refractivity contribution in [3.8, 4) is 0 Å². The molecule has 76 valence electrons. The quantitative estimate of drug-likeness (QED) is 0.697. The molecule has 0 saturated heterocycles. The Bertz CT molecular complexity index is 301. The molecule has 0 spiro atoms. The highest BCUT2D eigenvalue weighted by Gasteiger charge is 2.38. The second-order valence-electron chi connectivity index (χ2n) is 5.20. The van der Waals surface area contributed by atoms with Gasteiger partial charge >= 0.3 is 0 Å². The van der Waals surface area contributed by atoms with Crippen LogP contribution in [0.15, 0.2) is 24.3 Å². The van der Waals surface area contributed by atoms with E-state index in [9.17, 15) is 0 Å².